The Hall–Kier alpha value is -2.60. The van der Waals surface area contributed by atoms with Gasteiger partial charge in [-0.05, 0) is 37.3 Å². The van der Waals surface area contributed by atoms with E-state index in [-0.39, 0.29) is 23.5 Å². The van der Waals surface area contributed by atoms with Gasteiger partial charge in [-0.2, -0.15) is 0 Å². The van der Waals surface area contributed by atoms with E-state index in [9.17, 15) is 9.59 Å². The molecule has 2 saturated heterocycles. The molecule has 2 aliphatic rings. The molecule has 0 saturated carbocycles. The van der Waals surface area contributed by atoms with Gasteiger partial charge in [-0.25, -0.2) is 0 Å². The highest BCUT2D eigenvalue weighted by molar-refractivity contribution is 5.93. The topological polar surface area (TPSA) is 71.8 Å². The van der Waals surface area contributed by atoms with E-state index in [1.165, 1.54) is 12.5 Å². The molecular formula is C22H26N2O4. The Kier molecular flexibility index (Phi) is 5.48. The number of nitrogens with zero attached hydrogens (tertiary/aromatic N) is 1. The van der Waals surface area contributed by atoms with Crippen molar-refractivity contribution in [3.05, 3.63) is 60.1 Å². The van der Waals surface area contributed by atoms with Crippen molar-refractivity contribution in [2.24, 2.45) is 0 Å². The third-order valence-electron chi connectivity index (χ3n) is 5.80. The lowest BCUT2D eigenvalue weighted by atomic mass is 9.88. The number of carbonyl (C=O) groups is 2. The minimum Gasteiger partial charge on any atom is -0.472 e. The molecule has 6 nitrogen and oxygen atoms in total. The first kappa shape index (κ1) is 18.7. The third-order valence-corrected chi connectivity index (χ3v) is 5.80. The average molecular weight is 382 g/mol. The number of nitrogens with one attached hydrogen (secondary N) is 1. The number of benzene rings is 1. The minimum atomic E-state index is -0.151. The Morgan fingerprint density at radius 1 is 1.11 bits per heavy atom. The fourth-order valence-electron chi connectivity index (χ4n) is 4.16. The molecule has 1 aromatic carbocycles. The summed E-state index contributed by atoms with van der Waals surface area (Å²) in [4.78, 5) is 26.5. The van der Waals surface area contributed by atoms with E-state index in [0.29, 0.717) is 31.6 Å². The number of hydrogen-bond acceptors (Lipinski definition) is 4. The molecule has 0 radical (unpaired) electrons. The molecule has 2 aromatic rings. The van der Waals surface area contributed by atoms with Gasteiger partial charge in [0.2, 0.25) is 5.91 Å². The Morgan fingerprint density at radius 2 is 1.89 bits per heavy atom. The molecular weight excluding hydrogens is 356 g/mol. The molecule has 0 unspecified atom stereocenters. The maximum Gasteiger partial charge on any atom is 0.257 e. The summed E-state index contributed by atoms with van der Waals surface area (Å²) in [6.45, 7) is 1.93. The van der Waals surface area contributed by atoms with Crippen molar-refractivity contribution in [3.63, 3.8) is 0 Å². The van der Waals surface area contributed by atoms with Crippen molar-refractivity contribution in [1.29, 1.82) is 0 Å². The van der Waals surface area contributed by atoms with Crippen LogP contribution >= 0.6 is 0 Å². The van der Waals surface area contributed by atoms with Crippen molar-refractivity contribution < 1.29 is 18.7 Å². The van der Waals surface area contributed by atoms with Crippen LogP contribution in [0.4, 0.5) is 0 Å². The number of rotatable bonds is 5. The largest absolute Gasteiger partial charge is 0.472 e. The summed E-state index contributed by atoms with van der Waals surface area (Å²) in [5.41, 5.74) is 1.46. The zero-order chi connectivity index (χ0) is 19.4. The number of carbonyl (C=O) groups excluding carboxylic acids is 2. The predicted octanol–water partition coefficient (Wildman–Crippen LogP) is 2.79. The summed E-state index contributed by atoms with van der Waals surface area (Å²) in [5, 5.41) is 3.00. The Balaban J connectivity index is 1.22. The molecule has 1 spiro atoms. The average Bonchev–Trinajstić information content (AvgIpc) is 3.38. The molecule has 0 bridgehead atoms. The van der Waals surface area contributed by atoms with Gasteiger partial charge in [-0.1, -0.05) is 30.3 Å². The molecule has 148 valence electrons. The zero-order valence-corrected chi connectivity index (χ0v) is 15.9. The molecule has 2 amide bonds. The van der Waals surface area contributed by atoms with E-state index in [1.807, 2.05) is 35.2 Å². The molecule has 2 fully saturated rings. The summed E-state index contributed by atoms with van der Waals surface area (Å²) in [6, 6.07) is 11.4. The molecule has 1 N–H and O–H groups in total. The maximum atomic E-state index is 12.4. The Morgan fingerprint density at radius 3 is 2.61 bits per heavy atom. The molecule has 28 heavy (non-hydrogen) atoms. The molecule has 4 rings (SSSR count). The number of ether oxygens (including phenoxy) is 1. The lowest BCUT2D eigenvalue weighted by Crippen LogP contribution is -2.47. The zero-order valence-electron chi connectivity index (χ0n) is 15.9. The molecule has 6 heteroatoms. The van der Waals surface area contributed by atoms with Gasteiger partial charge in [0, 0.05) is 19.6 Å². The molecule has 1 atom stereocenters. The summed E-state index contributed by atoms with van der Waals surface area (Å²) >= 11 is 0. The van der Waals surface area contributed by atoms with Crippen LogP contribution in [-0.4, -0.2) is 48.1 Å². The highest BCUT2D eigenvalue weighted by Crippen LogP contribution is 2.39. The fourth-order valence-corrected chi connectivity index (χ4v) is 4.16. The first-order valence-electron chi connectivity index (χ1n) is 9.93. The lowest BCUT2D eigenvalue weighted by Gasteiger charge is -2.39. The minimum absolute atomic E-state index is 0.0197. The van der Waals surface area contributed by atoms with Crippen LogP contribution in [0.3, 0.4) is 0 Å². The van der Waals surface area contributed by atoms with Gasteiger partial charge in [-0.3, -0.25) is 9.59 Å². The van der Waals surface area contributed by atoms with Crippen LogP contribution in [0.2, 0.25) is 0 Å². The van der Waals surface area contributed by atoms with Crippen LogP contribution in [0.1, 0.15) is 41.6 Å². The van der Waals surface area contributed by atoms with Crippen molar-refractivity contribution in [2.75, 3.05) is 19.6 Å². The Labute approximate surface area is 164 Å². The van der Waals surface area contributed by atoms with E-state index < -0.39 is 0 Å². The van der Waals surface area contributed by atoms with Crippen LogP contribution in [0.5, 0.6) is 0 Å². The Bertz CT molecular complexity index is 795. The number of hydrogen-bond donors (Lipinski definition) is 1. The second-order valence-electron chi connectivity index (χ2n) is 7.73. The van der Waals surface area contributed by atoms with Crippen molar-refractivity contribution in [2.45, 2.75) is 43.8 Å². The first-order chi connectivity index (χ1) is 13.6. The molecule has 0 aliphatic carbocycles. The van der Waals surface area contributed by atoms with Crippen LogP contribution < -0.4 is 5.32 Å². The summed E-state index contributed by atoms with van der Waals surface area (Å²) in [6.07, 6.45) is 7.07. The van der Waals surface area contributed by atoms with Gasteiger partial charge in [0.15, 0.2) is 0 Å². The smallest absolute Gasteiger partial charge is 0.257 e. The SMILES string of the molecule is O=C(Cc1ccccc1)NC[C@@H]1CCC2(CCN(C(=O)c3ccoc3)CC2)O1. The molecule has 1 aromatic heterocycles. The summed E-state index contributed by atoms with van der Waals surface area (Å²) < 4.78 is 11.3. The second-order valence-corrected chi connectivity index (χ2v) is 7.73. The maximum absolute atomic E-state index is 12.4. The van der Waals surface area contributed by atoms with Crippen LogP contribution in [-0.2, 0) is 16.0 Å². The van der Waals surface area contributed by atoms with Gasteiger partial charge in [0.25, 0.3) is 5.91 Å². The van der Waals surface area contributed by atoms with E-state index in [2.05, 4.69) is 5.32 Å². The number of piperidine rings is 1. The van der Waals surface area contributed by atoms with Gasteiger partial charge >= 0.3 is 0 Å². The van der Waals surface area contributed by atoms with E-state index >= 15 is 0 Å². The van der Waals surface area contributed by atoms with E-state index in [1.54, 1.807) is 6.07 Å². The van der Waals surface area contributed by atoms with Crippen molar-refractivity contribution in [1.82, 2.24) is 10.2 Å². The van der Waals surface area contributed by atoms with Crippen molar-refractivity contribution in [3.8, 4) is 0 Å². The lowest BCUT2D eigenvalue weighted by molar-refractivity contribution is -0.122. The van der Waals surface area contributed by atoms with Gasteiger partial charge < -0.3 is 19.4 Å². The monoisotopic (exact) mass is 382 g/mol. The predicted molar refractivity (Wildman–Crippen MR) is 104 cm³/mol. The molecule has 2 aliphatic heterocycles. The number of amides is 2. The fraction of sp³-hybridized carbons (Fsp3) is 0.455. The normalized spacial score (nSPS) is 21.0. The van der Waals surface area contributed by atoms with Gasteiger partial charge in [-0.15, -0.1) is 0 Å². The van der Waals surface area contributed by atoms with Crippen LogP contribution in [0.25, 0.3) is 0 Å². The van der Waals surface area contributed by atoms with Gasteiger partial charge in [0.05, 0.1) is 30.0 Å². The summed E-state index contributed by atoms with van der Waals surface area (Å²) in [7, 11) is 0. The standard InChI is InChI=1S/C22H26N2O4/c25-20(14-17-4-2-1-3-5-17)23-15-19-6-8-22(28-19)9-11-24(12-10-22)21(26)18-7-13-27-16-18/h1-5,7,13,16,19H,6,8-12,14-15H2,(H,23,25)/t19-/m0/s1. The molecule has 3 heterocycles. The number of furan rings is 1. The van der Waals surface area contributed by atoms with Crippen LogP contribution in [0, 0.1) is 0 Å². The first-order valence-corrected chi connectivity index (χ1v) is 9.93. The van der Waals surface area contributed by atoms with Crippen LogP contribution in [0.15, 0.2) is 53.3 Å². The summed E-state index contributed by atoms with van der Waals surface area (Å²) in [5.74, 6) is 0.0441. The quantitative estimate of drug-likeness (QED) is 0.863. The number of likely N-dealkylation sites (tertiary alicyclic amines) is 1. The third kappa shape index (κ3) is 4.28. The van der Waals surface area contributed by atoms with E-state index in [0.717, 1.165) is 31.2 Å². The van der Waals surface area contributed by atoms with Gasteiger partial charge in [0.1, 0.15) is 6.26 Å². The van der Waals surface area contributed by atoms with Crippen molar-refractivity contribution >= 4 is 11.8 Å². The second kappa shape index (κ2) is 8.19. The highest BCUT2D eigenvalue weighted by Gasteiger charge is 2.43. The highest BCUT2D eigenvalue weighted by atomic mass is 16.5. The van der Waals surface area contributed by atoms with E-state index in [4.69, 9.17) is 9.15 Å².